The van der Waals surface area contributed by atoms with Crippen molar-refractivity contribution in [2.75, 3.05) is 38.2 Å². The molecule has 0 saturated heterocycles. The quantitative estimate of drug-likeness (QED) is 0.512. The van der Waals surface area contributed by atoms with Crippen molar-refractivity contribution < 1.29 is 9.90 Å². The Morgan fingerprint density at radius 2 is 1.29 bits per heavy atom. The van der Waals surface area contributed by atoms with Gasteiger partial charge in [-0.25, -0.2) is 0 Å². The second-order valence-corrected chi connectivity index (χ2v) is 10.5. The van der Waals surface area contributed by atoms with Gasteiger partial charge < -0.3 is 10.4 Å². The molecule has 0 spiro atoms. The first-order chi connectivity index (χ1) is 10.0. The summed E-state index contributed by atoms with van der Waals surface area (Å²) < 4.78 is 0. The van der Waals surface area contributed by atoms with Crippen LogP contribution in [0.2, 0.25) is 0 Å². The predicted molar refractivity (Wildman–Crippen MR) is 98.3 cm³/mol. The molecule has 0 aliphatic rings. The minimum Gasteiger partial charge on any atom is -0.480 e. The van der Waals surface area contributed by atoms with Gasteiger partial charge in [0, 0.05) is 7.26 Å². The van der Waals surface area contributed by atoms with Gasteiger partial charge in [-0.05, 0) is 33.2 Å². The zero-order valence-corrected chi connectivity index (χ0v) is 16.0. The van der Waals surface area contributed by atoms with Gasteiger partial charge in [0.05, 0.1) is 31.2 Å². The average molecular weight is 320 g/mol. The topological polar surface area (TPSA) is 49.3 Å². The van der Waals surface area contributed by atoms with E-state index < -0.39 is 13.2 Å². The van der Waals surface area contributed by atoms with Gasteiger partial charge in [0.1, 0.15) is 0 Å². The van der Waals surface area contributed by atoms with Gasteiger partial charge in [-0.15, -0.1) is 0 Å². The van der Waals surface area contributed by atoms with Crippen molar-refractivity contribution in [2.45, 2.75) is 66.2 Å². The van der Waals surface area contributed by atoms with Crippen molar-refractivity contribution in [3.8, 4) is 0 Å². The van der Waals surface area contributed by atoms with Crippen molar-refractivity contribution >= 4 is 13.2 Å². The van der Waals surface area contributed by atoms with Gasteiger partial charge in [0.2, 0.25) is 0 Å². The van der Waals surface area contributed by atoms with E-state index in [-0.39, 0.29) is 6.54 Å². The maximum atomic E-state index is 9.54. The fraction of sp³-hybridized carbons (Fsp3) is 0.941. The lowest BCUT2D eigenvalue weighted by Crippen LogP contribution is -2.16. The monoisotopic (exact) mass is 320 g/mol. The molecule has 0 aromatic rings. The SMILES string of the molecule is CCCC[P+](CC)(CCCC)CCCC.CNCC(=O)O. The molecule has 21 heavy (non-hydrogen) atoms. The summed E-state index contributed by atoms with van der Waals surface area (Å²) in [5.41, 5.74) is 0. The average Bonchev–Trinajstić information content (AvgIpc) is 2.47. The molecule has 0 aliphatic heterocycles. The molecule has 0 saturated carbocycles. The highest BCUT2D eigenvalue weighted by molar-refractivity contribution is 7.75. The lowest BCUT2D eigenvalue weighted by molar-refractivity contribution is -0.135. The lowest BCUT2D eigenvalue weighted by Gasteiger charge is -2.26. The summed E-state index contributed by atoms with van der Waals surface area (Å²) in [6, 6.07) is 0. The van der Waals surface area contributed by atoms with Gasteiger partial charge in [-0.1, -0.05) is 40.0 Å². The Kier molecular flexibility index (Phi) is 17.9. The maximum absolute atomic E-state index is 9.54. The van der Waals surface area contributed by atoms with Gasteiger partial charge in [0.25, 0.3) is 0 Å². The van der Waals surface area contributed by atoms with Crippen LogP contribution in [0.4, 0.5) is 0 Å². The standard InChI is InChI=1S/C14H32P.C3H7NO2/c1-5-9-12-15(8-4,13-10-6-2)14-11-7-3;1-4-2-3(5)6/h5-14H2,1-4H3;4H,2H2,1H3,(H,5,6)/q+1;. The predicted octanol–water partition coefficient (Wildman–Crippen LogP) is 4.71. The van der Waals surface area contributed by atoms with E-state index in [0.29, 0.717) is 0 Å². The molecule has 0 rings (SSSR count). The van der Waals surface area contributed by atoms with E-state index in [9.17, 15) is 4.79 Å². The molecule has 0 atom stereocenters. The molecular formula is C17H39NO2P+. The Hall–Kier alpha value is -0.140. The molecule has 3 nitrogen and oxygen atoms in total. The van der Waals surface area contributed by atoms with Gasteiger partial charge >= 0.3 is 5.97 Å². The largest absolute Gasteiger partial charge is 0.480 e. The van der Waals surface area contributed by atoms with Crippen molar-refractivity contribution in [3.05, 3.63) is 0 Å². The van der Waals surface area contributed by atoms with Crippen LogP contribution in [-0.2, 0) is 4.79 Å². The van der Waals surface area contributed by atoms with Crippen LogP contribution in [0.5, 0.6) is 0 Å². The number of rotatable bonds is 12. The fourth-order valence-electron chi connectivity index (χ4n) is 2.44. The summed E-state index contributed by atoms with van der Waals surface area (Å²) in [6.45, 7) is 9.51. The number of likely N-dealkylation sites (N-methyl/N-ethyl adjacent to an activating group) is 1. The minimum absolute atomic E-state index is 0.0417. The molecule has 0 heterocycles. The van der Waals surface area contributed by atoms with Crippen LogP contribution >= 0.6 is 7.26 Å². The highest BCUT2D eigenvalue weighted by Crippen LogP contribution is 2.60. The highest BCUT2D eigenvalue weighted by atomic mass is 31.2. The van der Waals surface area contributed by atoms with Crippen LogP contribution in [0.25, 0.3) is 0 Å². The summed E-state index contributed by atoms with van der Waals surface area (Å²) in [5.74, 6) is -0.822. The Bertz CT molecular complexity index is 213. The highest BCUT2D eigenvalue weighted by Gasteiger charge is 2.32. The molecule has 4 heteroatoms. The van der Waals surface area contributed by atoms with Crippen LogP contribution in [0.1, 0.15) is 66.2 Å². The molecule has 0 unspecified atom stereocenters. The summed E-state index contributed by atoms with van der Waals surface area (Å²) in [4.78, 5) is 9.54. The van der Waals surface area contributed by atoms with E-state index in [1.165, 1.54) is 44.7 Å². The number of hydrogen-bond acceptors (Lipinski definition) is 2. The van der Waals surface area contributed by atoms with Gasteiger partial charge in [-0.2, -0.15) is 0 Å². The maximum Gasteiger partial charge on any atom is 0.317 e. The molecule has 0 fully saturated rings. The van der Waals surface area contributed by atoms with Gasteiger partial charge in [0.15, 0.2) is 0 Å². The van der Waals surface area contributed by atoms with Crippen molar-refractivity contribution in [1.82, 2.24) is 5.32 Å². The Morgan fingerprint density at radius 1 is 0.905 bits per heavy atom. The van der Waals surface area contributed by atoms with Crippen molar-refractivity contribution in [3.63, 3.8) is 0 Å². The van der Waals surface area contributed by atoms with Crippen molar-refractivity contribution in [1.29, 1.82) is 0 Å². The number of nitrogens with one attached hydrogen (secondary N) is 1. The van der Waals surface area contributed by atoms with E-state index >= 15 is 0 Å². The second-order valence-electron chi connectivity index (χ2n) is 5.81. The van der Waals surface area contributed by atoms with Crippen LogP contribution in [0.15, 0.2) is 0 Å². The zero-order chi connectivity index (χ0) is 16.6. The first kappa shape index (κ1) is 23.1. The number of aliphatic carboxylic acids is 1. The minimum atomic E-state index is -0.822. The number of carbonyl (C=O) groups is 1. The van der Waals surface area contributed by atoms with Crippen LogP contribution in [-0.4, -0.2) is 49.3 Å². The first-order valence-corrected chi connectivity index (χ1v) is 11.3. The van der Waals surface area contributed by atoms with Gasteiger partial charge in [-0.3, -0.25) is 4.79 Å². The number of carboxylic acids is 1. The van der Waals surface area contributed by atoms with Crippen LogP contribution in [0, 0.1) is 0 Å². The third-order valence-electron chi connectivity index (χ3n) is 3.96. The molecular weight excluding hydrogens is 281 g/mol. The normalized spacial score (nSPS) is 10.9. The fourth-order valence-corrected chi connectivity index (χ4v) is 7.02. The zero-order valence-electron chi connectivity index (χ0n) is 15.1. The Labute approximate surface area is 133 Å². The molecule has 0 aromatic heterocycles. The third-order valence-corrected chi connectivity index (χ3v) is 9.09. The first-order valence-electron chi connectivity index (χ1n) is 8.73. The lowest BCUT2D eigenvalue weighted by atomic mass is 10.4. The third kappa shape index (κ3) is 14.6. The summed E-state index contributed by atoms with van der Waals surface area (Å²) in [6.07, 6.45) is 14.9. The Balaban J connectivity index is 0. The van der Waals surface area contributed by atoms with E-state index in [2.05, 4.69) is 33.0 Å². The number of hydrogen-bond donors (Lipinski definition) is 2. The van der Waals surface area contributed by atoms with E-state index in [1.807, 2.05) is 0 Å². The molecule has 0 bridgehead atoms. The number of unbranched alkanes of at least 4 members (excludes halogenated alkanes) is 3. The molecule has 0 radical (unpaired) electrons. The summed E-state index contributed by atoms with van der Waals surface area (Å²) in [5, 5.41) is 10.3. The van der Waals surface area contributed by atoms with Crippen LogP contribution < -0.4 is 5.32 Å². The van der Waals surface area contributed by atoms with Crippen molar-refractivity contribution in [2.24, 2.45) is 0 Å². The Morgan fingerprint density at radius 3 is 1.43 bits per heavy atom. The van der Waals surface area contributed by atoms with E-state index in [0.717, 1.165) is 0 Å². The number of carboxylic acid groups (broad SMARTS) is 1. The van der Waals surface area contributed by atoms with E-state index in [1.54, 1.807) is 25.5 Å². The van der Waals surface area contributed by atoms with E-state index in [4.69, 9.17) is 5.11 Å². The molecule has 2 N–H and O–H groups in total. The summed E-state index contributed by atoms with van der Waals surface area (Å²) in [7, 11) is 1.06. The molecule has 128 valence electrons. The smallest absolute Gasteiger partial charge is 0.317 e. The second kappa shape index (κ2) is 16.2. The molecule has 0 aromatic carbocycles. The summed E-state index contributed by atoms with van der Waals surface area (Å²) >= 11 is 0. The molecule has 0 aliphatic carbocycles. The molecule has 0 amide bonds. The van der Waals surface area contributed by atoms with Crippen LogP contribution in [0.3, 0.4) is 0 Å².